The van der Waals surface area contributed by atoms with Crippen molar-refractivity contribution >= 4 is 17.6 Å². The zero-order chi connectivity index (χ0) is 12.3. The van der Waals surface area contributed by atoms with Gasteiger partial charge in [0.2, 0.25) is 6.54 Å². The molecule has 0 saturated carbocycles. The fraction of sp³-hybridized carbons (Fsp3) is 0.125. The summed E-state index contributed by atoms with van der Waals surface area (Å²) in [5, 5.41) is 9.84. The largest absolute Gasteiger partial charge is 0.370 e. The number of benzene rings is 1. The quantitative estimate of drug-likeness (QED) is 0.642. The Bertz CT molecular complexity index is 452. The number of hydrogen-bond donors (Lipinski definition) is 1. The zero-order valence-corrected chi connectivity index (χ0v) is 8.53. The Labute approximate surface area is 93.9 Å². The predicted molar refractivity (Wildman–Crippen MR) is 51.7 cm³/mol. The third-order valence-electron chi connectivity index (χ3n) is 1.73. The van der Waals surface area contributed by atoms with E-state index >= 15 is 0 Å². The van der Waals surface area contributed by atoms with Crippen LogP contribution in [-0.2, 0) is 11.4 Å². The minimum Gasteiger partial charge on any atom is -0.370 e. The molecule has 0 aliphatic carbocycles. The highest BCUT2D eigenvalue weighted by molar-refractivity contribution is 6.31. The van der Waals surface area contributed by atoms with Crippen LogP contribution >= 0.6 is 11.6 Å². The lowest BCUT2D eigenvalue weighted by Gasteiger charge is -2.04. The molecular formula is C8H6ClFN2O4. The fourth-order valence-electron chi connectivity index (χ4n) is 1.10. The Morgan fingerprint density at radius 1 is 1.62 bits per heavy atom. The van der Waals surface area contributed by atoms with Crippen molar-refractivity contribution in [1.29, 1.82) is 0 Å². The first kappa shape index (κ1) is 12.3. The van der Waals surface area contributed by atoms with E-state index in [2.05, 4.69) is 10.7 Å². The van der Waals surface area contributed by atoms with Crippen molar-refractivity contribution in [2.24, 2.45) is 5.90 Å². The molecule has 0 aliphatic rings. The highest BCUT2D eigenvalue weighted by Crippen LogP contribution is 2.21. The number of rotatable bonds is 3. The van der Waals surface area contributed by atoms with Crippen LogP contribution in [0.5, 0.6) is 0 Å². The Kier molecular flexibility index (Phi) is 3.75. The number of hydrogen-bond acceptors (Lipinski definition) is 5. The highest BCUT2D eigenvalue weighted by atomic mass is 35.5. The van der Waals surface area contributed by atoms with Gasteiger partial charge in [0.15, 0.2) is 5.82 Å². The Balaban J connectivity index is 3.21. The van der Waals surface area contributed by atoms with Crippen molar-refractivity contribution < 1.29 is 18.9 Å². The maximum Gasteiger partial charge on any atom is 0.359 e. The summed E-state index contributed by atoms with van der Waals surface area (Å²) in [4.78, 5) is 24.4. The lowest BCUT2D eigenvalue weighted by molar-refractivity contribution is -0.496. The summed E-state index contributed by atoms with van der Waals surface area (Å²) in [6.07, 6.45) is 0. The summed E-state index contributed by atoms with van der Waals surface area (Å²) in [6, 6.07) is 2.03. The van der Waals surface area contributed by atoms with Gasteiger partial charge in [-0.3, -0.25) is 10.1 Å². The molecule has 0 bridgehead atoms. The number of nitrogens with two attached hydrogens (primary N) is 1. The molecule has 0 radical (unpaired) electrons. The van der Waals surface area contributed by atoms with Crippen LogP contribution in [0.2, 0.25) is 5.02 Å². The average Bonchev–Trinajstić information content (AvgIpc) is 2.21. The maximum absolute atomic E-state index is 13.3. The van der Waals surface area contributed by atoms with Crippen molar-refractivity contribution in [3.8, 4) is 0 Å². The van der Waals surface area contributed by atoms with Gasteiger partial charge in [-0.15, -0.1) is 0 Å². The first-order chi connectivity index (χ1) is 7.45. The summed E-state index contributed by atoms with van der Waals surface area (Å²) in [7, 11) is 0. The molecule has 0 heterocycles. The normalized spacial score (nSPS) is 9.94. The van der Waals surface area contributed by atoms with Crippen molar-refractivity contribution in [3.05, 3.63) is 44.2 Å². The van der Waals surface area contributed by atoms with E-state index < -0.39 is 33.8 Å². The molecule has 8 heteroatoms. The van der Waals surface area contributed by atoms with Crippen molar-refractivity contribution in [3.63, 3.8) is 0 Å². The van der Waals surface area contributed by atoms with Crippen LogP contribution < -0.4 is 5.90 Å². The summed E-state index contributed by atoms with van der Waals surface area (Å²) in [5.74, 6) is 2.41. The first-order valence-electron chi connectivity index (χ1n) is 3.96. The van der Waals surface area contributed by atoms with E-state index in [0.29, 0.717) is 0 Å². The molecule has 16 heavy (non-hydrogen) atoms. The monoisotopic (exact) mass is 248 g/mol. The molecule has 1 rings (SSSR count). The summed E-state index contributed by atoms with van der Waals surface area (Å²) in [6.45, 7) is -0.579. The molecule has 0 unspecified atom stereocenters. The first-order valence-corrected chi connectivity index (χ1v) is 4.34. The Morgan fingerprint density at radius 2 is 2.25 bits per heavy atom. The molecule has 1 aromatic rings. The standard InChI is InChI=1S/C8H6ClFN2O4/c9-6-2-4(3-12(14)15)1-5(7(6)10)8(13)16-11/h1-2H,3,11H2. The molecule has 0 fully saturated rings. The van der Waals surface area contributed by atoms with Gasteiger partial charge in [-0.2, -0.15) is 5.90 Å². The zero-order valence-electron chi connectivity index (χ0n) is 7.78. The maximum atomic E-state index is 13.3. The molecular weight excluding hydrogens is 243 g/mol. The summed E-state index contributed by atoms with van der Waals surface area (Å²) >= 11 is 5.46. The van der Waals surface area contributed by atoms with Crippen molar-refractivity contribution in [1.82, 2.24) is 0 Å². The summed E-state index contributed by atoms with van der Waals surface area (Å²) in [5.41, 5.74) is -0.455. The molecule has 1 aromatic carbocycles. The minimum atomic E-state index is -1.15. The number of nitrogens with zero attached hydrogens (tertiary/aromatic N) is 1. The third kappa shape index (κ3) is 2.65. The molecule has 2 N–H and O–H groups in total. The molecule has 6 nitrogen and oxygen atoms in total. The second kappa shape index (κ2) is 4.86. The predicted octanol–water partition coefficient (Wildman–Crippen LogP) is 1.29. The van der Waals surface area contributed by atoms with E-state index in [1.54, 1.807) is 0 Å². The molecule has 0 spiro atoms. The van der Waals surface area contributed by atoms with E-state index in [4.69, 9.17) is 11.6 Å². The topological polar surface area (TPSA) is 95.5 Å². The van der Waals surface area contributed by atoms with Gasteiger partial charge >= 0.3 is 5.97 Å². The SMILES string of the molecule is NOC(=O)c1cc(C[N+](=O)[O-])cc(Cl)c1F. The van der Waals surface area contributed by atoms with Gasteiger partial charge in [-0.05, 0) is 12.1 Å². The van der Waals surface area contributed by atoms with Crippen LogP contribution in [0.3, 0.4) is 0 Å². The minimum absolute atomic E-state index is 0.0804. The fourth-order valence-corrected chi connectivity index (χ4v) is 1.34. The van der Waals surface area contributed by atoms with E-state index in [-0.39, 0.29) is 5.56 Å². The van der Waals surface area contributed by atoms with Gasteiger partial charge in [0, 0.05) is 10.5 Å². The van der Waals surface area contributed by atoms with E-state index in [0.717, 1.165) is 12.1 Å². The second-order valence-electron chi connectivity index (χ2n) is 2.84. The van der Waals surface area contributed by atoms with Gasteiger partial charge in [0.05, 0.1) is 10.6 Å². The Morgan fingerprint density at radius 3 is 2.75 bits per heavy atom. The van der Waals surface area contributed by atoms with Crippen molar-refractivity contribution in [2.75, 3.05) is 0 Å². The van der Waals surface area contributed by atoms with Gasteiger partial charge in [-0.25, -0.2) is 9.18 Å². The molecule has 0 aliphatic heterocycles. The van der Waals surface area contributed by atoms with E-state index in [1.807, 2.05) is 0 Å². The van der Waals surface area contributed by atoms with Gasteiger partial charge in [-0.1, -0.05) is 11.6 Å². The van der Waals surface area contributed by atoms with Crippen LogP contribution in [0.4, 0.5) is 4.39 Å². The molecule has 86 valence electrons. The van der Waals surface area contributed by atoms with Crippen LogP contribution in [0.1, 0.15) is 15.9 Å². The average molecular weight is 249 g/mol. The number of carbonyl (C=O) groups excluding carboxylic acids is 1. The van der Waals surface area contributed by atoms with E-state index in [9.17, 15) is 19.3 Å². The number of nitro groups is 1. The number of carbonyl (C=O) groups is 1. The number of halogens is 2. The molecule has 0 atom stereocenters. The van der Waals surface area contributed by atoms with Gasteiger partial charge in [0.1, 0.15) is 0 Å². The second-order valence-corrected chi connectivity index (χ2v) is 3.24. The highest BCUT2D eigenvalue weighted by Gasteiger charge is 2.18. The van der Waals surface area contributed by atoms with Crippen molar-refractivity contribution in [2.45, 2.75) is 6.54 Å². The van der Waals surface area contributed by atoms with Gasteiger partial charge in [0.25, 0.3) is 0 Å². The molecule has 0 amide bonds. The molecule has 0 aromatic heterocycles. The van der Waals surface area contributed by atoms with Crippen LogP contribution in [0, 0.1) is 15.9 Å². The van der Waals surface area contributed by atoms with Crippen LogP contribution in [0.25, 0.3) is 0 Å². The van der Waals surface area contributed by atoms with Crippen LogP contribution in [-0.4, -0.2) is 10.9 Å². The lowest BCUT2D eigenvalue weighted by Crippen LogP contribution is -2.13. The molecule has 0 saturated heterocycles. The lowest BCUT2D eigenvalue weighted by atomic mass is 10.1. The Hall–Kier alpha value is -1.73. The van der Waals surface area contributed by atoms with Gasteiger partial charge < -0.3 is 4.84 Å². The third-order valence-corrected chi connectivity index (χ3v) is 2.00. The summed E-state index contributed by atoms with van der Waals surface area (Å²) < 4.78 is 13.3. The van der Waals surface area contributed by atoms with Crippen LogP contribution in [0.15, 0.2) is 12.1 Å². The smallest absolute Gasteiger partial charge is 0.359 e. The van der Waals surface area contributed by atoms with E-state index in [1.165, 1.54) is 0 Å².